The van der Waals surface area contributed by atoms with Crippen molar-refractivity contribution in [2.24, 2.45) is 11.8 Å². The molecular formula is C39H44Cl2N3O7S+. The number of nitrogens with zero attached hydrogens (tertiary/aromatic N) is 1. The van der Waals surface area contributed by atoms with Crippen LogP contribution in [0.25, 0.3) is 0 Å². The zero-order valence-electron chi connectivity index (χ0n) is 29.2. The smallest absolute Gasteiger partial charge is 0.348 e. The number of esters is 2. The highest BCUT2D eigenvalue weighted by atomic mass is 35.5. The van der Waals surface area contributed by atoms with Gasteiger partial charge in [-0.25, -0.2) is 14.6 Å². The highest BCUT2D eigenvalue weighted by Crippen LogP contribution is 2.37. The van der Waals surface area contributed by atoms with E-state index in [1.165, 1.54) is 11.3 Å². The Kier molecular flexibility index (Phi) is 12.9. The van der Waals surface area contributed by atoms with E-state index in [0.717, 1.165) is 43.6 Å². The number of piperidine rings is 1. The number of pyridine rings is 1. The van der Waals surface area contributed by atoms with Crippen LogP contribution in [0.5, 0.6) is 17.2 Å². The van der Waals surface area contributed by atoms with Crippen molar-refractivity contribution in [3.8, 4) is 17.2 Å². The molecule has 2 unspecified atom stereocenters. The molecule has 2 aromatic heterocycles. The number of halogens is 2. The lowest BCUT2D eigenvalue weighted by atomic mass is 9.98. The van der Waals surface area contributed by atoms with E-state index in [1.807, 2.05) is 18.2 Å². The maximum Gasteiger partial charge on any atom is 0.348 e. The summed E-state index contributed by atoms with van der Waals surface area (Å²) in [6.07, 6.45) is 6.96. The van der Waals surface area contributed by atoms with Crippen molar-refractivity contribution in [2.45, 2.75) is 50.8 Å². The Balaban J connectivity index is 1.16. The van der Waals surface area contributed by atoms with E-state index >= 15 is 0 Å². The molecule has 1 saturated heterocycles. The minimum absolute atomic E-state index is 0.0535. The molecule has 276 valence electrons. The summed E-state index contributed by atoms with van der Waals surface area (Å²) in [6, 6.07) is 14.8. The number of methoxy groups -OCH3 is 1. The van der Waals surface area contributed by atoms with Gasteiger partial charge in [0, 0.05) is 23.4 Å². The number of aromatic hydroxyl groups is 1. The van der Waals surface area contributed by atoms with Crippen LogP contribution in [0.1, 0.15) is 69.1 Å². The molecule has 1 aliphatic carbocycles. The molecule has 2 fully saturated rings. The summed E-state index contributed by atoms with van der Waals surface area (Å²) >= 11 is 14.3. The number of phenols is 1. The standard InChI is InChI=1S/C39H43Cl2N3O7S/c1-44-14-12-25(13-15-44)23-50-39(47)37(27-4-3-5-28(45)16-27)43-19-29-9-11-36(52-29)38(46)51-34(18-30-31(40)20-42-21-32(30)41)26-8-10-33(48-2)35(17-26)49-22-24-6-7-24/h3-5,8-11,16-17,20-21,24-25,34,37,43,45H,6-7,12-15,18-19,22-23H2,1-2H3/p+1. The van der Waals surface area contributed by atoms with Gasteiger partial charge in [0.2, 0.25) is 0 Å². The van der Waals surface area contributed by atoms with Gasteiger partial charge in [0.15, 0.2) is 23.9 Å². The number of hydrogen-bond donors (Lipinski definition) is 2. The number of ether oxygens (including phenoxy) is 4. The first-order valence-corrected chi connectivity index (χ1v) is 19.1. The first kappa shape index (κ1) is 37.9. The number of H-pyrrole nitrogens is 1. The first-order valence-electron chi connectivity index (χ1n) is 17.5. The van der Waals surface area contributed by atoms with Crippen LogP contribution in [-0.2, 0) is 27.2 Å². The zero-order valence-corrected chi connectivity index (χ0v) is 31.6. The van der Waals surface area contributed by atoms with Gasteiger partial charge in [-0.1, -0.05) is 41.4 Å². The van der Waals surface area contributed by atoms with Gasteiger partial charge in [-0.2, -0.15) is 0 Å². The maximum absolute atomic E-state index is 13.7. The number of benzene rings is 2. The fraction of sp³-hybridized carbons (Fsp3) is 0.410. The van der Waals surface area contributed by atoms with E-state index in [4.69, 9.17) is 42.1 Å². The summed E-state index contributed by atoms with van der Waals surface area (Å²) in [4.78, 5) is 33.5. The average Bonchev–Trinajstić information content (AvgIpc) is 3.85. The summed E-state index contributed by atoms with van der Waals surface area (Å²) < 4.78 is 23.6. The summed E-state index contributed by atoms with van der Waals surface area (Å²) in [7, 11) is 3.68. The van der Waals surface area contributed by atoms with Crippen molar-refractivity contribution in [3.63, 3.8) is 0 Å². The number of phenolic OH excluding ortho intramolecular Hbond substituents is 1. The van der Waals surface area contributed by atoms with Crippen molar-refractivity contribution in [1.29, 1.82) is 0 Å². The lowest BCUT2D eigenvalue weighted by Gasteiger charge is -2.29. The molecule has 1 saturated carbocycles. The molecule has 4 aromatic rings. The molecule has 1 aliphatic heterocycles. The largest absolute Gasteiger partial charge is 0.508 e. The fourth-order valence-corrected chi connectivity index (χ4v) is 7.48. The van der Waals surface area contributed by atoms with Crippen LogP contribution in [0, 0.1) is 11.8 Å². The number of carbonyl (C=O) groups excluding carboxylic acids is 2. The van der Waals surface area contributed by atoms with Crippen LogP contribution in [0.15, 0.2) is 67.0 Å². The van der Waals surface area contributed by atoms with Crippen LogP contribution >= 0.6 is 34.5 Å². The first-order chi connectivity index (χ1) is 25.2. The second-order valence-corrected chi connectivity index (χ2v) is 15.4. The number of nitrogens with one attached hydrogen (secondary N) is 2. The number of carbonyl (C=O) groups is 2. The third-order valence-corrected chi connectivity index (χ3v) is 11.2. The van der Waals surface area contributed by atoms with Gasteiger partial charge in [-0.3, -0.25) is 5.32 Å². The Bertz CT molecular complexity index is 1820. The topological polar surface area (TPSA) is 121 Å². The number of likely N-dealkylation sites (tertiary alicyclic amines) is 1. The highest BCUT2D eigenvalue weighted by Gasteiger charge is 2.28. The SMILES string of the molecule is COc1ccc(C(Cc2c(Cl)c[nH+]cc2Cl)OC(=O)c2ccc(CNC(C(=O)OCC3CCN(C)CC3)c3cccc(O)c3)s2)cc1OCC1CC1. The highest BCUT2D eigenvalue weighted by molar-refractivity contribution is 7.13. The van der Waals surface area contributed by atoms with Crippen LogP contribution in [0.4, 0.5) is 0 Å². The van der Waals surface area contributed by atoms with Crippen LogP contribution < -0.4 is 19.8 Å². The van der Waals surface area contributed by atoms with E-state index in [0.29, 0.717) is 68.2 Å². The molecule has 3 N–H and O–H groups in total. The summed E-state index contributed by atoms with van der Waals surface area (Å²) in [6.45, 7) is 3.16. The van der Waals surface area contributed by atoms with E-state index in [2.05, 4.69) is 22.2 Å². The van der Waals surface area contributed by atoms with Gasteiger partial charge in [0.25, 0.3) is 0 Å². The minimum atomic E-state index is -0.815. The molecule has 10 nitrogen and oxygen atoms in total. The third-order valence-electron chi connectivity index (χ3n) is 9.45. The number of aromatic nitrogens is 1. The Labute approximate surface area is 318 Å². The van der Waals surface area contributed by atoms with Crippen molar-refractivity contribution in [1.82, 2.24) is 10.2 Å². The lowest BCUT2D eigenvalue weighted by molar-refractivity contribution is -0.377. The number of aromatic amines is 1. The Morgan fingerprint density at radius 2 is 1.71 bits per heavy atom. The molecule has 3 heterocycles. The number of thiophene rings is 1. The van der Waals surface area contributed by atoms with Gasteiger partial charge in [-0.05, 0) is 105 Å². The Hall–Kier alpha value is -3.87. The predicted octanol–water partition coefficient (Wildman–Crippen LogP) is 7.23. The molecule has 2 aromatic carbocycles. The second kappa shape index (κ2) is 17.8. The van der Waals surface area contributed by atoms with Gasteiger partial charge < -0.3 is 29.0 Å². The Morgan fingerprint density at radius 3 is 2.42 bits per heavy atom. The van der Waals surface area contributed by atoms with Gasteiger partial charge in [0.05, 0.1) is 20.3 Å². The molecule has 6 rings (SSSR count). The quantitative estimate of drug-likeness (QED) is 0.114. The van der Waals surface area contributed by atoms with Gasteiger partial charge >= 0.3 is 11.9 Å². The van der Waals surface area contributed by atoms with E-state index < -0.39 is 24.1 Å². The molecule has 52 heavy (non-hydrogen) atoms. The summed E-state index contributed by atoms with van der Waals surface area (Å²) in [5.74, 6) is 1.12. The van der Waals surface area contributed by atoms with Crippen molar-refractivity contribution in [2.75, 3.05) is 40.5 Å². The van der Waals surface area contributed by atoms with Gasteiger partial charge in [0.1, 0.15) is 32.8 Å². The fourth-order valence-electron chi connectivity index (χ4n) is 6.11. The van der Waals surface area contributed by atoms with E-state index in [1.54, 1.807) is 55.9 Å². The normalized spacial score (nSPS) is 16.2. The van der Waals surface area contributed by atoms with Crippen molar-refractivity contribution >= 4 is 46.5 Å². The number of hydrogen-bond acceptors (Lipinski definition) is 10. The molecule has 0 amide bonds. The van der Waals surface area contributed by atoms with Crippen LogP contribution in [-0.4, -0.2) is 62.4 Å². The molecule has 0 radical (unpaired) electrons. The molecule has 13 heteroatoms. The van der Waals surface area contributed by atoms with Crippen molar-refractivity contribution in [3.05, 3.63) is 103 Å². The van der Waals surface area contributed by atoms with Crippen LogP contribution in [0.3, 0.4) is 0 Å². The minimum Gasteiger partial charge on any atom is -0.508 e. The monoisotopic (exact) mass is 768 g/mol. The predicted molar refractivity (Wildman–Crippen MR) is 199 cm³/mol. The Morgan fingerprint density at radius 1 is 0.962 bits per heavy atom. The summed E-state index contributed by atoms with van der Waals surface area (Å²) in [5.41, 5.74) is 1.92. The molecule has 2 aliphatic rings. The van der Waals surface area contributed by atoms with Gasteiger partial charge in [-0.15, -0.1) is 11.3 Å². The maximum atomic E-state index is 13.7. The molecular weight excluding hydrogens is 725 g/mol. The van der Waals surface area contributed by atoms with E-state index in [-0.39, 0.29) is 18.7 Å². The summed E-state index contributed by atoms with van der Waals surface area (Å²) in [5, 5.41) is 14.3. The second-order valence-electron chi connectivity index (χ2n) is 13.4. The molecule has 0 bridgehead atoms. The number of rotatable bonds is 16. The van der Waals surface area contributed by atoms with E-state index in [9.17, 15) is 14.7 Å². The molecule has 2 atom stereocenters. The third kappa shape index (κ3) is 10.2. The zero-order chi connectivity index (χ0) is 36.6. The van der Waals surface area contributed by atoms with Crippen LogP contribution in [0.2, 0.25) is 10.0 Å². The average molecular weight is 770 g/mol. The van der Waals surface area contributed by atoms with Crippen molar-refractivity contribution < 1.29 is 38.6 Å². The molecule has 0 spiro atoms. The lowest BCUT2D eigenvalue weighted by Crippen LogP contribution is -2.34.